The molecule has 0 unspecified atom stereocenters. The summed E-state index contributed by atoms with van der Waals surface area (Å²) in [5.41, 5.74) is 5.01. The van der Waals surface area contributed by atoms with Gasteiger partial charge in [-0.05, 0) is 30.7 Å². The molecular formula is C27H28O2. The number of hydrogen-bond donors (Lipinski definition) is 0. The largest absolute Gasteiger partial charge is 0.289 e. The van der Waals surface area contributed by atoms with Gasteiger partial charge in [-0.2, -0.15) is 0 Å². The van der Waals surface area contributed by atoms with E-state index in [1.54, 1.807) is 24.3 Å². The molecule has 0 aliphatic rings. The quantitative estimate of drug-likeness (QED) is 0.434. The van der Waals surface area contributed by atoms with Crippen LogP contribution < -0.4 is 0 Å². The van der Waals surface area contributed by atoms with Crippen LogP contribution in [0.2, 0.25) is 0 Å². The Bertz CT molecular complexity index is 990. The predicted octanol–water partition coefficient (Wildman–Crippen LogP) is 6.53. The molecule has 29 heavy (non-hydrogen) atoms. The van der Waals surface area contributed by atoms with Gasteiger partial charge in [0.1, 0.15) is 0 Å². The van der Waals surface area contributed by atoms with E-state index in [9.17, 15) is 9.59 Å². The van der Waals surface area contributed by atoms with E-state index in [-0.39, 0.29) is 17.0 Å². The van der Waals surface area contributed by atoms with Gasteiger partial charge < -0.3 is 0 Å². The summed E-state index contributed by atoms with van der Waals surface area (Å²) in [5.74, 6) is -0.0626. The molecule has 0 aliphatic heterocycles. The second-order valence-corrected chi connectivity index (χ2v) is 7.95. The highest BCUT2D eigenvalue weighted by atomic mass is 16.1. The molecule has 0 aliphatic carbocycles. The first-order valence-electron chi connectivity index (χ1n) is 10.2. The van der Waals surface area contributed by atoms with Crippen LogP contribution in [0.3, 0.4) is 0 Å². The molecule has 0 spiro atoms. The highest BCUT2D eigenvalue weighted by molar-refractivity contribution is 6.11. The van der Waals surface area contributed by atoms with Crippen molar-refractivity contribution in [2.75, 3.05) is 0 Å². The molecule has 0 saturated heterocycles. The maximum absolute atomic E-state index is 12.9. The molecular weight excluding hydrogens is 356 g/mol. The molecule has 3 rings (SSSR count). The van der Waals surface area contributed by atoms with Gasteiger partial charge in [-0.3, -0.25) is 9.59 Å². The third kappa shape index (κ3) is 4.37. The van der Waals surface area contributed by atoms with Crippen LogP contribution in [0.1, 0.15) is 76.6 Å². The molecule has 0 bridgehead atoms. The number of ketones is 2. The first kappa shape index (κ1) is 20.7. The average Bonchev–Trinajstić information content (AvgIpc) is 2.78. The normalized spacial score (nSPS) is 11.3. The van der Waals surface area contributed by atoms with Crippen LogP contribution in [0.25, 0.3) is 0 Å². The van der Waals surface area contributed by atoms with E-state index in [1.807, 2.05) is 43.3 Å². The van der Waals surface area contributed by atoms with Crippen molar-refractivity contribution in [3.63, 3.8) is 0 Å². The third-order valence-electron chi connectivity index (χ3n) is 6.13. The van der Waals surface area contributed by atoms with Crippen molar-refractivity contribution in [1.82, 2.24) is 0 Å². The Morgan fingerprint density at radius 2 is 0.931 bits per heavy atom. The van der Waals surface area contributed by atoms with E-state index < -0.39 is 0 Å². The monoisotopic (exact) mass is 384 g/mol. The molecule has 0 radical (unpaired) electrons. The standard InChI is InChI=1S/C27H28O2/c1-5-27(4,6-2)24-17-15-23(16-18-24)26(29)22-13-11-21(12-14-22)25(28)20-9-7-19(3)8-10-20/h7-18H,5-6H2,1-4H3. The second-order valence-electron chi connectivity index (χ2n) is 7.95. The smallest absolute Gasteiger partial charge is 0.193 e. The van der Waals surface area contributed by atoms with E-state index in [0.29, 0.717) is 22.3 Å². The number of carbonyl (C=O) groups excluding carboxylic acids is 2. The van der Waals surface area contributed by atoms with Crippen molar-refractivity contribution in [2.45, 2.75) is 46.0 Å². The van der Waals surface area contributed by atoms with E-state index in [0.717, 1.165) is 18.4 Å². The van der Waals surface area contributed by atoms with Gasteiger partial charge in [-0.25, -0.2) is 0 Å². The molecule has 3 aromatic rings. The van der Waals surface area contributed by atoms with Crippen LogP contribution in [0.15, 0.2) is 72.8 Å². The Morgan fingerprint density at radius 1 is 0.621 bits per heavy atom. The van der Waals surface area contributed by atoms with Gasteiger partial charge in [0, 0.05) is 22.3 Å². The minimum absolute atomic E-state index is 0.0272. The zero-order valence-corrected chi connectivity index (χ0v) is 17.7. The lowest BCUT2D eigenvalue weighted by Crippen LogP contribution is -2.19. The molecule has 3 aromatic carbocycles. The first-order valence-corrected chi connectivity index (χ1v) is 10.2. The first-order chi connectivity index (χ1) is 13.9. The fourth-order valence-electron chi connectivity index (χ4n) is 3.49. The van der Waals surface area contributed by atoms with E-state index in [4.69, 9.17) is 0 Å². The highest BCUT2D eigenvalue weighted by Crippen LogP contribution is 2.31. The van der Waals surface area contributed by atoms with Crippen molar-refractivity contribution in [2.24, 2.45) is 0 Å². The summed E-state index contributed by atoms with van der Waals surface area (Å²) in [4.78, 5) is 25.5. The molecule has 0 heterocycles. The van der Waals surface area contributed by atoms with Gasteiger partial charge in [0.2, 0.25) is 0 Å². The molecule has 0 N–H and O–H groups in total. The maximum Gasteiger partial charge on any atom is 0.193 e. The van der Waals surface area contributed by atoms with Gasteiger partial charge in [0.25, 0.3) is 0 Å². The van der Waals surface area contributed by atoms with Crippen molar-refractivity contribution in [1.29, 1.82) is 0 Å². The lowest BCUT2D eigenvalue weighted by Gasteiger charge is -2.27. The van der Waals surface area contributed by atoms with Gasteiger partial charge in [0.05, 0.1) is 0 Å². The number of hydrogen-bond acceptors (Lipinski definition) is 2. The minimum Gasteiger partial charge on any atom is -0.289 e. The van der Waals surface area contributed by atoms with Crippen LogP contribution in [0, 0.1) is 6.92 Å². The SMILES string of the molecule is CCC(C)(CC)c1ccc(C(=O)c2ccc(C(=O)c3ccc(C)cc3)cc2)cc1. The Hall–Kier alpha value is -3.00. The number of rotatable bonds is 7. The molecule has 0 atom stereocenters. The Balaban J connectivity index is 1.78. The van der Waals surface area contributed by atoms with Gasteiger partial charge >= 0.3 is 0 Å². The van der Waals surface area contributed by atoms with Gasteiger partial charge in [0.15, 0.2) is 11.6 Å². The fraction of sp³-hybridized carbons (Fsp3) is 0.259. The summed E-state index contributed by atoms with van der Waals surface area (Å²) in [6.07, 6.45) is 2.13. The summed E-state index contributed by atoms with van der Waals surface area (Å²) >= 11 is 0. The lowest BCUT2D eigenvalue weighted by atomic mass is 9.77. The predicted molar refractivity (Wildman–Crippen MR) is 119 cm³/mol. The number of aryl methyl sites for hydroxylation is 1. The molecule has 148 valence electrons. The molecule has 0 aromatic heterocycles. The van der Waals surface area contributed by atoms with Crippen LogP contribution in [0.4, 0.5) is 0 Å². The molecule has 0 saturated carbocycles. The van der Waals surface area contributed by atoms with E-state index in [2.05, 4.69) is 32.9 Å². The zero-order valence-electron chi connectivity index (χ0n) is 17.7. The topological polar surface area (TPSA) is 34.1 Å². The van der Waals surface area contributed by atoms with Gasteiger partial charge in [-0.15, -0.1) is 0 Å². The summed E-state index contributed by atoms with van der Waals surface area (Å²) < 4.78 is 0. The Labute approximate surface area is 173 Å². The van der Waals surface area contributed by atoms with Crippen molar-refractivity contribution in [3.8, 4) is 0 Å². The Kier molecular flexibility index (Phi) is 6.12. The average molecular weight is 385 g/mol. The van der Waals surface area contributed by atoms with Crippen LogP contribution >= 0.6 is 0 Å². The third-order valence-corrected chi connectivity index (χ3v) is 6.13. The number of benzene rings is 3. The summed E-state index contributed by atoms with van der Waals surface area (Å²) in [5, 5.41) is 0. The van der Waals surface area contributed by atoms with Crippen LogP contribution in [-0.4, -0.2) is 11.6 Å². The fourth-order valence-corrected chi connectivity index (χ4v) is 3.49. The number of carbonyl (C=O) groups is 2. The summed E-state index contributed by atoms with van der Waals surface area (Å²) in [6, 6.07) is 22.4. The van der Waals surface area contributed by atoms with E-state index in [1.165, 1.54) is 5.56 Å². The van der Waals surface area contributed by atoms with Crippen LogP contribution in [0.5, 0.6) is 0 Å². The molecule has 0 amide bonds. The molecule has 2 heteroatoms. The lowest BCUT2D eigenvalue weighted by molar-refractivity contribution is 0.102. The summed E-state index contributed by atoms with van der Waals surface area (Å²) in [7, 11) is 0. The van der Waals surface area contributed by atoms with Crippen LogP contribution in [-0.2, 0) is 5.41 Å². The highest BCUT2D eigenvalue weighted by Gasteiger charge is 2.22. The van der Waals surface area contributed by atoms with Crippen molar-refractivity contribution in [3.05, 3.63) is 106 Å². The summed E-state index contributed by atoms with van der Waals surface area (Å²) in [6.45, 7) is 8.64. The van der Waals surface area contributed by atoms with E-state index >= 15 is 0 Å². The van der Waals surface area contributed by atoms with Crippen molar-refractivity contribution >= 4 is 11.6 Å². The second kappa shape index (κ2) is 8.57. The Morgan fingerprint density at radius 3 is 1.28 bits per heavy atom. The molecule has 0 fully saturated rings. The molecule has 2 nitrogen and oxygen atoms in total. The zero-order chi connectivity index (χ0) is 21.0. The van der Waals surface area contributed by atoms with Gasteiger partial charge in [-0.1, -0.05) is 99.1 Å². The van der Waals surface area contributed by atoms with Crippen molar-refractivity contribution < 1.29 is 9.59 Å². The minimum atomic E-state index is -0.0354. The maximum atomic E-state index is 12.9.